The van der Waals surface area contributed by atoms with Crippen LogP contribution in [0.15, 0.2) is 72.0 Å². The standard InChI is InChI=1S/C23H17N3O2/c27-22-20-18-14-7-1-2-8-15(14)19(17-10-4-3-9-16(17)18)21(20)23(28)26(22)25-12-13-6-5-11-24-13/h1-12,18-21,24H/b25-12-/t18?,19?,20-,21-/m0/s1. The summed E-state index contributed by atoms with van der Waals surface area (Å²) < 4.78 is 0. The van der Waals surface area contributed by atoms with Crippen molar-refractivity contribution in [3.8, 4) is 0 Å². The largest absolute Gasteiger partial charge is 0.360 e. The molecule has 3 aliphatic carbocycles. The number of aromatic amines is 1. The number of imide groups is 1. The number of nitrogens with one attached hydrogen (secondary N) is 1. The number of nitrogens with zero attached hydrogens (tertiary/aromatic N) is 2. The molecule has 5 heteroatoms. The molecule has 1 saturated heterocycles. The van der Waals surface area contributed by atoms with Crippen molar-refractivity contribution >= 4 is 18.0 Å². The molecular weight excluding hydrogens is 350 g/mol. The van der Waals surface area contributed by atoms with Crippen LogP contribution < -0.4 is 0 Å². The van der Waals surface area contributed by atoms with Gasteiger partial charge in [0.25, 0.3) is 11.8 Å². The Morgan fingerprint density at radius 1 is 0.750 bits per heavy atom. The Hall–Kier alpha value is -3.47. The van der Waals surface area contributed by atoms with Crippen LogP contribution in [0.4, 0.5) is 0 Å². The van der Waals surface area contributed by atoms with Crippen molar-refractivity contribution in [3.63, 3.8) is 0 Å². The van der Waals surface area contributed by atoms with E-state index in [1.54, 1.807) is 6.20 Å². The third-order valence-electron chi connectivity index (χ3n) is 6.36. The Kier molecular flexibility index (Phi) is 3.07. The average Bonchev–Trinajstić information content (AvgIpc) is 3.34. The van der Waals surface area contributed by atoms with E-state index in [2.05, 4.69) is 34.4 Å². The van der Waals surface area contributed by atoms with E-state index in [-0.39, 0.29) is 35.5 Å². The van der Waals surface area contributed by atoms with Crippen LogP contribution in [-0.4, -0.2) is 28.0 Å². The van der Waals surface area contributed by atoms with Crippen LogP contribution in [0.2, 0.25) is 0 Å². The highest BCUT2D eigenvalue weighted by molar-refractivity contribution is 6.08. The van der Waals surface area contributed by atoms with Crippen LogP contribution in [-0.2, 0) is 9.59 Å². The first-order valence-electron chi connectivity index (χ1n) is 9.48. The molecule has 28 heavy (non-hydrogen) atoms. The third-order valence-corrected chi connectivity index (χ3v) is 6.36. The van der Waals surface area contributed by atoms with E-state index >= 15 is 0 Å². The Bertz CT molecular complexity index is 1030. The fraction of sp³-hybridized carbons (Fsp3) is 0.174. The van der Waals surface area contributed by atoms with Crippen molar-refractivity contribution < 1.29 is 9.59 Å². The normalized spacial score (nSPS) is 27.2. The van der Waals surface area contributed by atoms with Crippen molar-refractivity contribution in [3.05, 3.63) is 94.8 Å². The van der Waals surface area contributed by atoms with Gasteiger partial charge in [0, 0.05) is 18.0 Å². The minimum Gasteiger partial charge on any atom is -0.360 e. The fourth-order valence-corrected chi connectivity index (χ4v) is 5.32. The van der Waals surface area contributed by atoms with Crippen LogP contribution >= 0.6 is 0 Å². The van der Waals surface area contributed by atoms with Gasteiger partial charge in [-0.3, -0.25) is 9.59 Å². The van der Waals surface area contributed by atoms with E-state index in [1.807, 2.05) is 36.4 Å². The van der Waals surface area contributed by atoms with Crippen LogP contribution in [0.5, 0.6) is 0 Å². The number of aromatic nitrogens is 1. The minimum absolute atomic E-state index is 0.0930. The molecule has 0 spiro atoms. The Balaban J connectivity index is 1.50. The molecule has 136 valence electrons. The second-order valence-corrected chi connectivity index (χ2v) is 7.62. The molecule has 0 radical (unpaired) electrons. The van der Waals surface area contributed by atoms with Crippen LogP contribution in [0.1, 0.15) is 39.8 Å². The van der Waals surface area contributed by atoms with Crippen molar-refractivity contribution in [2.75, 3.05) is 0 Å². The highest BCUT2D eigenvalue weighted by Crippen LogP contribution is 2.60. The maximum absolute atomic E-state index is 13.3. The first-order valence-corrected chi connectivity index (χ1v) is 9.48. The summed E-state index contributed by atoms with van der Waals surface area (Å²) in [4.78, 5) is 29.6. The average molecular weight is 367 g/mol. The summed E-state index contributed by atoms with van der Waals surface area (Å²) in [6.45, 7) is 0. The first-order chi connectivity index (χ1) is 13.8. The molecule has 2 aromatic carbocycles. The summed E-state index contributed by atoms with van der Waals surface area (Å²) >= 11 is 0. The topological polar surface area (TPSA) is 65.5 Å². The molecule has 1 fully saturated rings. The Morgan fingerprint density at radius 2 is 1.25 bits per heavy atom. The van der Waals surface area contributed by atoms with Gasteiger partial charge in [0.15, 0.2) is 0 Å². The zero-order valence-electron chi connectivity index (χ0n) is 14.9. The Morgan fingerprint density at radius 3 is 1.68 bits per heavy atom. The summed E-state index contributed by atoms with van der Waals surface area (Å²) in [5.41, 5.74) is 5.44. The highest BCUT2D eigenvalue weighted by Gasteiger charge is 2.61. The van der Waals surface area contributed by atoms with Gasteiger partial charge < -0.3 is 4.98 Å². The predicted molar refractivity (Wildman–Crippen MR) is 104 cm³/mol. The second-order valence-electron chi connectivity index (χ2n) is 7.62. The minimum atomic E-state index is -0.386. The molecule has 5 nitrogen and oxygen atoms in total. The lowest BCUT2D eigenvalue weighted by molar-refractivity contribution is -0.139. The van der Waals surface area contributed by atoms with Gasteiger partial charge in [-0.25, -0.2) is 0 Å². The van der Waals surface area contributed by atoms with Gasteiger partial charge >= 0.3 is 0 Å². The van der Waals surface area contributed by atoms with E-state index in [0.717, 1.165) is 10.7 Å². The summed E-state index contributed by atoms with van der Waals surface area (Å²) in [6.07, 6.45) is 3.32. The number of hydrogen-bond acceptors (Lipinski definition) is 3. The molecule has 1 aliphatic heterocycles. The van der Waals surface area contributed by atoms with Gasteiger partial charge in [-0.2, -0.15) is 10.1 Å². The number of hydrogen-bond donors (Lipinski definition) is 1. The lowest BCUT2D eigenvalue weighted by Gasteiger charge is -2.45. The summed E-state index contributed by atoms with van der Waals surface area (Å²) in [5.74, 6) is -1.35. The van der Waals surface area contributed by atoms with E-state index in [1.165, 1.54) is 28.5 Å². The summed E-state index contributed by atoms with van der Waals surface area (Å²) in [5, 5.41) is 5.34. The maximum Gasteiger partial charge on any atom is 0.254 e. The third kappa shape index (κ3) is 1.88. The highest BCUT2D eigenvalue weighted by atomic mass is 16.2. The molecule has 1 aromatic heterocycles. The molecule has 2 heterocycles. The second kappa shape index (κ2) is 5.52. The molecule has 0 unspecified atom stereocenters. The zero-order chi connectivity index (χ0) is 18.8. The van der Waals surface area contributed by atoms with Gasteiger partial charge in [0.2, 0.25) is 0 Å². The summed E-state index contributed by atoms with van der Waals surface area (Å²) in [7, 11) is 0. The predicted octanol–water partition coefficient (Wildman–Crippen LogP) is 3.24. The van der Waals surface area contributed by atoms with Crippen LogP contribution in [0.3, 0.4) is 0 Å². The Labute approximate surface area is 161 Å². The number of hydrazone groups is 1. The molecule has 1 N–H and O–H groups in total. The van der Waals surface area contributed by atoms with Crippen molar-refractivity contribution in [2.45, 2.75) is 11.8 Å². The van der Waals surface area contributed by atoms with Crippen LogP contribution in [0, 0.1) is 11.8 Å². The number of benzene rings is 2. The van der Waals surface area contributed by atoms with Gasteiger partial charge in [0.1, 0.15) is 0 Å². The number of carbonyl (C=O) groups is 2. The number of rotatable bonds is 2. The monoisotopic (exact) mass is 367 g/mol. The zero-order valence-corrected chi connectivity index (χ0v) is 14.9. The smallest absolute Gasteiger partial charge is 0.254 e. The lowest BCUT2D eigenvalue weighted by atomic mass is 9.55. The molecule has 4 aliphatic rings. The number of H-pyrrole nitrogens is 1. The first kappa shape index (κ1) is 15.6. The molecule has 7 rings (SSSR count). The van der Waals surface area contributed by atoms with Crippen LogP contribution in [0.25, 0.3) is 0 Å². The van der Waals surface area contributed by atoms with Gasteiger partial charge in [0.05, 0.1) is 23.7 Å². The fourth-order valence-electron chi connectivity index (χ4n) is 5.32. The molecule has 3 aromatic rings. The summed E-state index contributed by atoms with van der Waals surface area (Å²) in [6, 6.07) is 20.1. The molecule has 2 atom stereocenters. The number of amides is 2. The van der Waals surface area contributed by atoms with Crippen molar-refractivity contribution in [2.24, 2.45) is 16.9 Å². The molecule has 2 bridgehead atoms. The molecule has 0 saturated carbocycles. The van der Waals surface area contributed by atoms with Gasteiger partial charge in [-0.05, 0) is 34.4 Å². The van der Waals surface area contributed by atoms with E-state index in [0.29, 0.717) is 0 Å². The van der Waals surface area contributed by atoms with E-state index < -0.39 is 0 Å². The van der Waals surface area contributed by atoms with Crippen molar-refractivity contribution in [1.29, 1.82) is 0 Å². The van der Waals surface area contributed by atoms with Gasteiger partial charge in [-0.15, -0.1) is 0 Å². The van der Waals surface area contributed by atoms with Gasteiger partial charge in [-0.1, -0.05) is 48.5 Å². The number of carbonyl (C=O) groups excluding carboxylic acids is 2. The van der Waals surface area contributed by atoms with E-state index in [4.69, 9.17) is 0 Å². The SMILES string of the molecule is O=C1[C@H]2C3c4ccccc4C(c4ccccc43)[C@@H]2C(=O)N1/N=C\c1ccc[nH]1. The molecule has 2 amide bonds. The van der Waals surface area contributed by atoms with E-state index in [9.17, 15) is 9.59 Å². The quantitative estimate of drug-likeness (QED) is 0.558. The molecular formula is C23H17N3O2. The lowest BCUT2D eigenvalue weighted by Crippen LogP contribution is -2.41. The maximum atomic E-state index is 13.3. The van der Waals surface area contributed by atoms with Crippen molar-refractivity contribution in [1.82, 2.24) is 9.99 Å².